The van der Waals surface area contributed by atoms with Crippen molar-refractivity contribution in [1.29, 1.82) is 0 Å². The van der Waals surface area contributed by atoms with Crippen LogP contribution < -0.4 is 10.1 Å². The van der Waals surface area contributed by atoms with Gasteiger partial charge in [-0.05, 0) is 67.1 Å². The number of hydrogen-bond donors (Lipinski definition) is 1. The molecule has 0 aromatic heterocycles. The van der Waals surface area contributed by atoms with E-state index in [4.69, 9.17) is 4.74 Å². The fourth-order valence-electron chi connectivity index (χ4n) is 4.51. The molecule has 2 fully saturated rings. The van der Waals surface area contributed by atoms with Gasteiger partial charge in [0.2, 0.25) is 0 Å². The molecule has 2 aliphatic rings. The van der Waals surface area contributed by atoms with Crippen LogP contribution in [0.1, 0.15) is 58.9 Å². The molecule has 0 radical (unpaired) electrons. The summed E-state index contributed by atoms with van der Waals surface area (Å²) in [7, 11) is 0. The van der Waals surface area contributed by atoms with Gasteiger partial charge in [-0.1, -0.05) is 39.3 Å². The standard InChI is InChI=1S/C21H31NO2/c1-14(19-12-15-5-6-16(19)11-15)22-20(23)13-24-18-9-7-17(8-10-18)21(2,3)4/h7-10,14-16,19H,5-6,11-13H2,1-4H3,(H,22,23). The van der Waals surface area contributed by atoms with E-state index in [1.165, 1.54) is 31.2 Å². The minimum atomic E-state index is -0.00910. The minimum Gasteiger partial charge on any atom is -0.484 e. The third-order valence-electron chi connectivity index (χ3n) is 5.91. The molecular weight excluding hydrogens is 298 g/mol. The molecule has 4 atom stereocenters. The van der Waals surface area contributed by atoms with Crippen LogP contribution in [0.2, 0.25) is 0 Å². The van der Waals surface area contributed by atoms with Crippen LogP contribution in [0.25, 0.3) is 0 Å². The maximum absolute atomic E-state index is 12.2. The van der Waals surface area contributed by atoms with Crippen molar-refractivity contribution >= 4 is 5.91 Å². The van der Waals surface area contributed by atoms with E-state index in [-0.39, 0.29) is 24.0 Å². The quantitative estimate of drug-likeness (QED) is 0.874. The van der Waals surface area contributed by atoms with Gasteiger partial charge in [0, 0.05) is 6.04 Å². The molecule has 3 nitrogen and oxygen atoms in total. The summed E-state index contributed by atoms with van der Waals surface area (Å²) in [6.07, 6.45) is 5.42. The van der Waals surface area contributed by atoms with Crippen molar-refractivity contribution in [2.75, 3.05) is 6.61 Å². The van der Waals surface area contributed by atoms with Gasteiger partial charge in [-0.2, -0.15) is 0 Å². The van der Waals surface area contributed by atoms with E-state index in [1.807, 2.05) is 12.1 Å². The van der Waals surface area contributed by atoms with Gasteiger partial charge < -0.3 is 10.1 Å². The largest absolute Gasteiger partial charge is 0.484 e. The summed E-state index contributed by atoms with van der Waals surface area (Å²) in [5.41, 5.74) is 1.40. The summed E-state index contributed by atoms with van der Waals surface area (Å²) < 4.78 is 5.65. The molecule has 24 heavy (non-hydrogen) atoms. The van der Waals surface area contributed by atoms with Crippen molar-refractivity contribution in [3.63, 3.8) is 0 Å². The van der Waals surface area contributed by atoms with Crippen molar-refractivity contribution in [3.8, 4) is 5.75 Å². The van der Waals surface area contributed by atoms with Crippen LogP contribution >= 0.6 is 0 Å². The molecule has 1 aromatic carbocycles. The topological polar surface area (TPSA) is 38.3 Å². The normalized spacial score (nSPS) is 27.1. The molecule has 0 saturated heterocycles. The van der Waals surface area contributed by atoms with E-state index in [0.717, 1.165) is 17.6 Å². The summed E-state index contributed by atoms with van der Waals surface area (Å²) in [5.74, 6) is 3.16. The molecular formula is C21H31NO2. The van der Waals surface area contributed by atoms with Crippen LogP contribution in [0.4, 0.5) is 0 Å². The maximum Gasteiger partial charge on any atom is 0.258 e. The number of carbonyl (C=O) groups excluding carboxylic acids is 1. The number of amides is 1. The van der Waals surface area contributed by atoms with Crippen molar-refractivity contribution in [3.05, 3.63) is 29.8 Å². The van der Waals surface area contributed by atoms with Crippen LogP contribution in [0.15, 0.2) is 24.3 Å². The zero-order valence-electron chi connectivity index (χ0n) is 15.5. The predicted octanol–water partition coefficient (Wildman–Crippen LogP) is 4.30. The average molecular weight is 329 g/mol. The molecule has 3 rings (SSSR count). The third kappa shape index (κ3) is 3.93. The molecule has 0 heterocycles. The zero-order chi connectivity index (χ0) is 17.3. The highest BCUT2D eigenvalue weighted by molar-refractivity contribution is 5.77. The number of ether oxygens (including phenoxy) is 1. The first-order valence-corrected chi connectivity index (χ1v) is 9.35. The number of fused-ring (bicyclic) bond motifs is 2. The van der Waals surface area contributed by atoms with Gasteiger partial charge in [0.25, 0.3) is 5.91 Å². The van der Waals surface area contributed by atoms with Gasteiger partial charge in [0.05, 0.1) is 0 Å². The van der Waals surface area contributed by atoms with E-state index in [2.05, 4.69) is 45.1 Å². The summed E-state index contributed by atoms with van der Waals surface area (Å²) in [6.45, 7) is 8.82. The van der Waals surface area contributed by atoms with Crippen molar-refractivity contribution < 1.29 is 9.53 Å². The lowest BCUT2D eigenvalue weighted by molar-refractivity contribution is -0.124. The Kier molecular flexibility index (Phi) is 4.89. The Morgan fingerprint density at radius 2 is 1.92 bits per heavy atom. The average Bonchev–Trinajstić information content (AvgIpc) is 3.15. The molecule has 3 heteroatoms. The SMILES string of the molecule is CC(NC(=O)COc1ccc(C(C)(C)C)cc1)C1CC2CCC1C2. The van der Waals surface area contributed by atoms with Gasteiger partial charge >= 0.3 is 0 Å². The van der Waals surface area contributed by atoms with Crippen LogP contribution in [-0.4, -0.2) is 18.6 Å². The summed E-state index contributed by atoms with van der Waals surface area (Å²) in [5, 5.41) is 3.15. The summed E-state index contributed by atoms with van der Waals surface area (Å²) in [6, 6.07) is 8.32. The fourth-order valence-corrected chi connectivity index (χ4v) is 4.51. The lowest BCUT2D eigenvalue weighted by Crippen LogP contribution is -2.42. The second-order valence-electron chi connectivity index (χ2n) is 8.76. The first kappa shape index (κ1) is 17.3. The molecule has 2 aliphatic carbocycles. The molecule has 1 amide bonds. The maximum atomic E-state index is 12.2. The van der Waals surface area contributed by atoms with Crippen LogP contribution in [0.3, 0.4) is 0 Å². The van der Waals surface area contributed by atoms with E-state index in [9.17, 15) is 4.79 Å². The monoisotopic (exact) mass is 329 g/mol. The first-order chi connectivity index (χ1) is 11.3. The summed E-state index contributed by atoms with van der Waals surface area (Å²) >= 11 is 0. The van der Waals surface area contributed by atoms with E-state index >= 15 is 0 Å². The second kappa shape index (κ2) is 6.78. The Morgan fingerprint density at radius 1 is 1.21 bits per heavy atom. The van der Waals surface area contributed by atoms with Crippen molar-refractivity contribution in [1.82, 2.24) is 5.32 Å². The smallest absolute Gasteiger partial charge is 0.258 e. The van der Waals surface area contributed by atoms with E-state index < -0.39 is 0 Å². The molecule has 4 unspecified atom stereocenters. The molecule has 1 aromatic rings. The number of carbonyl (C=O) groups is 1. The Hall–Kier alpha value is -1.51. The molecule has 132 valence electrons. The summed E-state index contributed by atoms with van der Waals surface area (Å²) in [4.78, 5) is 12.2. The van der Waals surface area contributed by atoms with E-state index in [1.54, 1.807) is 0 Å². The van der Waals surface area contributed by atoms with Gasteiger partial charge in [-0.3, -0.25) is 4.79 Å². The number of benzene rings is 1. The Labute approximate surface area is 146 Å². The van der Waals surface area contributed by atoms with Crippen molar-refractivity contribution in [2.24, 2.45) is 17.8 Å². The van der Waals surface area contributed by atoms with Crippen LogP contribution in [0, 0.1) is 17.8 Å². The molecule has 2 saturated carbocycles. The highest BCUT2D eigenvalue weighted by atomic mass is 16.5. The Morgan fingerprint density at radius 3 is 2.46 bits per heavy atom. The van der Waals surface area contributed by atoms with Gasteiger partial charge in [-0.15, -0.1) is 0 Å². The fraction of sp³-hybridized carbons (Fsp3) is 0.667. The first-order valence-electron chi connectivity index (χ1n) is 9.35. The van der Waals surface area contributed by atoms with Crippen LogP contribution in [-0.2, 0) is 10.2 Å². The van der Waals surface area contributed by atoms with Crippen molar-refractivity contribution in [2.45, 2.75) is 64.8 Å². The zero-order valence-corrected chi connectivity index (χ0v) is 15.5. The minimum absolute atomic E-state index is 0.00910. The number of hydrogen-bond acceptors (Lipinski definition) is 2. The lowest BCUT2D eigenvalue weighted by atomic mass is 9.84. The van der Waals surface area contributed by atoms with Gasteiger partial charge in [-0.25, -0.2) is 0 Å². The lowest BCUT2D eigenvalue weighted by Gasteiger charge is -2.28. The molecule has 0 spiro atoms. The Balaban J connectivity index is 1.45. The highest BCUT2D eigenvalue weighted by Gasteiger charge is 2.42. The second-order valence-corrected chi connectivity index (χ2v) is 8.76. The van der Waals surface area contributed by atoms with Gasteiger partial charge in [0.1, 0.15) is 5.75 Å². The number of rotatable bonds is 5. The molecule has 1 N–H and O–H groups in total. The van der Waals surface area contributed by atoms with E-state index in [0.29, 0.717) is 5.92 Å². The molecule has 0 aliphatic heterocycles. The Bertz CT molecular complexity index is 572. The van der Waals surface area contributed by atoms with Crippen LogP contribution in [0.5, 0.6) is 5.75 Å². The highest BCUT2D eigenvalue weighted by Crippen LogP contribution is 2.49. The van der Waals surface area contributed by atoms with Gasteiger partial charge in [0.15, 0.2) is 6.61 Å². The molecule has 2 bridgehead atoms. The number of nitrogens with one attached hydrogen (secondary N) is 1. The third-order valence-corrected chi connectivity index (χ3v) is 5.91. The predicted molar refractivity (Wildman–Crippen MR) is 97.2 cm³/mol.